The van der Waals surface area contributed by atoms with Crippen molar-refractivity contribution in [2.75, 3.05) is 24.5 Å². The van der Waals surface area contributed by atoms with Crippen molar-refractivity contribution in [3.63, 3.8) is 0 Å². The summed E-state index contributed by atoms with van der Waals surface area (Å²) in [6, 6.07) is 8.23. The largest absolute Gasteiger partial charge is 0.356 e. The Morgan fingerprint density at radius 1 is 1.15 bits per heavy atom. The van der Waals surface area contributed by atoms with Gasteiger partial charge in [0.05, 0.1) is 0 Å². The summed E-state index contributed by atoms with van der Waals surface area (Å²) in [4.78, 5) is 25.7. The van der Waals surface area contributed by atoms with E-state index < -0.39 is 0 Å². The van der Waals surface area contributed by atoms with Crippen molar-refractivity contribution in [1.29, 1.82) is 0 Å². The first-order valence-corrected chi connectivity index (χ1v) is 9.48. The number of hydrogen-bond donors (Lipinski definition) is 0. The molecule has 0 bridgehead atoms. The smallest absolute Gasteiger partial charge is 0.222 e. The first kappa shape index (κ1) is 17.0. The first-order valence-electron chi connectivity index (χ1n) is 9.48. The minimum atomic E-state index is 0.181. The van der Waals surface area contributed by atoms with Crippen molar-refractivity contribution in [3.05, 3.63) is 54.0 Å². The first-order chi connectivity index (χ1) is 12.6. The van der Waals surface area contributed by atoms with Crippen LogP contribution in [-0.4, -0.2) is 40.4 Å². The molecule has 26 heavy (non-hydrogen) atoms. The Kier molecular flexibility index (Phi) is 4.62. The molecule has 1 atom stereocenters. The normalized spacial score (nSPS) is 23.5. The highest BCUT2D eigenvalue weighted by Crippen LogP contribution is 2.40. The average molecular weight is 350 g/mol. The number of piperidine rings is 2. The molecule has 2 aromatic rings. The van der Waals surface area contributed by atoms with Gasteiger partial charge >= 0.3 is 0 Å². The summed E-state index contributed by atoms with van der Waals surface area (Å²) in [5.74, 6) is 1.33. The minimum Gasteiger partial charge on any atom is -0.356 e. The van der Waals surface area contributed by atoms with Crippen molar-refractivity contribution in [3.8, 4) is 0 Å². The zero-order chi connectivity index (χ0) is 18.0. The van der Waals surface area contributed by atoms with Gasteiger partial charge in [0.15, 0.2) is 0 Å². The third-order valence-electron chi connectivity index (χ3n) is 5.73. The molecule has 136 valence electrons. The summed E-state index contributed by atoms with van der Waals surface area (Å²) >= 11 is 0. The van der Waals surface area contributed by atoms with Crippen LogP contribution in [0.2, 0.25) is 0 Å². The number of aryl methyl sites for hydroxylation is 1. The van der Waals surface area contributed by atoms with E-state index in [2.05, 4.69) is 33.9 Å². The fourth-order valence-electron chi connectivity index (χ4n) is 4.34. The molecule has 0 N–H and O–H groups in total. The zero-order valence-corrected chi connectivity index (χ0v) is 15.4. The Morgan fingerprint density at radius 2 is 2.08 bits per heavy atom. The van der Waals surface area contributed by atoms with Gasteiger partial charge in [-0.25, -0.2) is 4.98 Å². The number of amides is 1. The van der Waals surface area contributed by atoms with Crippen LogP contribution in [0.3, 0.4) is 0 Å². The molecule has 4 rings (SSSR count). The van der Waals surface area contributed by atoms with E-state index in [0.717, 1.165) is 43.9 Å². The van der Waals surface area contributed by atoms with Gasteiger partial charge in [0, 0.05) is 56.6 Å². The van der Waals surface area contributed by atoms with Crippen molar-refractivity contribution in [2.24, 2.45) is 5.41 Å². The number of pyridine rings is 2. The molecule has 2 fully saturated rings. The van der Waals surface area contributed by atoms with Crippen LogP contribution >= 0.6 is 0 Å². The molecule has 2 saturated heterocycles. The number of rotatable bonds is 3. The Balaban J connectivity index is 1.49. The van der Waals surface area contributed by atoms with Gasteiger partial charge in [-0.1, -0.05) is 12.1 Å². The number of nitrogens with zero attached hydrogens (tertiary/aromatic N) is 4. The Labute approximate surface area is 155 Å². The van der Waals surface area contributed by atoms with Crippen LogP contribution in [0.5, 0.6) is 0 Å². The Hall–Kier alpha value is -2.43. The molecule has 2 aromatic heterocycles. The second-order valence-electron chi connectivity index (χ2n) is 7.83. The lowest BCUT2D eigenvalue weighted by molar-refractivity contribution is -0.138. The van der Waals surface area contributed by atoms with Crippen LogP contribution in [-0.2, 0) is 11.3 Å². The van der Waals surface area contributed by atoms with E-state index in [1.54, 1.807) is 6.20 Å². The molecular weight excluding hydrogens is 324 g/mol. The van der Waals surface area contributed by atoms with Gasteiger partial charge in [0.1, 0.15) is 5.82 Å². The van der Waals surface area contributed by atoms with Crippen molar-refractivity contribution < 1.29 is 4.79 Å². The monoisotopic (exact) mass is 350 g/mol. The van der Waals surface area contributed by atoms with E-state index in [0.29, 0.717) is 13.0 Å². The number of aromatic nitrogens is 2. The number of anilines is 1. The molecule has 2 aliphatic heterocycles. The third kappa shape index (κ3) is 3.57. The molecule has 4 heterocycles. The van der Waals surface area contributed by atoms with Gasteiger partial charge in [0.25, 0.3) is 0 Å². The van der Waals surface area contributed by atoms with E-state index in [1.807, 2.05) is 29.4 Å². The molecule has 0 aromatic carbocycles. The fraction of sp³-hybridized carbons (Fsp3) is 0.476. The summed E-state index contributed by atoms with van der Waals surface area (Å²) < 4.78 is 0. The van der Waals surface area contributed by atoms with E-state index in [4.69, 9.17) is 0 Å². The molecule has 5 nitrogen and oxygen atoms in total. The number of hydrogen-bond acceptors (Lipinski definition) is 4. The van der Waals surface area contributed by atoms with Crippen LogP contribution in [0.1, 0.15) is 36.8 Å². The second-order valence-corrected chi connectivity index (χ2v) is 7.83. The van der Waals surface area contributed by atoms with E-state index in [1.165, 1.54) is 12.0 Å². The van der Waals surface area contributed by atoms with Crippen LogP contribution < -0.4 is 4.90 Å². The molecule has 1 amide bonds. The summed E-state index contributed by atoms with van der Waals surface area (Å²) in [5.41, 5.74) is 2.47. The van der Waals surface area contributed by atoms with E-state index in [-0.39, 0.29) is 11.3 Å². The lowest BCUT2D eigenvalue weighted by atomic mass is 9.73. The highest BCUT2D eigenvalue weighted by atomic mass is 16.2. The molecule has 0 unspecified atom stereocenters. The predicted octanol–water partition coefficient (Wildman–Crippen LogP) is 3.19. The zero-order valence-electron chi connectivity index (χ0n) is 15.4. The Morgan fingerprint density at radius 3 is 2.85 bits per heavy atom. The molecule has 0 saturated carbocycles. The Bertz CT molecular complexity index is 761. The van der Waals surface area contributed by atoms with Gasteiger partial charge in [-0.2, -0.15) is 0 Å². The third-order valence-corrected chi connectivity index (χ3v) is 5.73. The minimum absolute atomic E-state index is 0.181. The van der Waals surface area contributed by atoms with Crippen molar-refractivity contribution in [1.82, 2.24) is 14.9 Å². The van der Waals surface area contributed by atoms with Gasteiger partial charge in [-0.3, -0.25) is 9.78 Å². The molecule has 0 radical (unpaired) electrons. The molecule has 0 aliphatic carbocycles. The van der Waals surface area contributed by atoms with E-state index >= 15 is 0 Å². The topological polar surface area (TPSA) is 49.3 Å². The van der Waals surface area contributed by atoms with Crippen LogP contribution in [0.4, 0.5) is 5.82 Å². The summed E-state index contributed by atoms with van der Waals surface area (Å²) in [6.45, 7) is 5.60. The fourth-order valence-corrected chi connectivity index (χ4v) is 4.34. The van der Waals surface area contributed by atoms with Crippen molar-refractivity contribution in [2.45, 2.75) is 39.2 Å². The quantitative estimate of drug-likeness (QED) is 0.853. The maximum atomic E-state index is 12.5. The lowest BCUT2D eigenvalue weighted by Gasteiger charge is -2.48. The number of carbonyl (C=O) groups is 1. The summed E-state index contributed by atoms with van der Waals surface area (Å²) in [6.07, 6.45) is 9.55. The SMILES string of the molecule is Cc1ccc(N2CCC[C@@]3(CCC(=O)N(Cc4cccnc4)C3)C2)nc1. The number of carbonyl (C=O) groups excluding carboxylic acids is 1. The van der Waals surface area contributed by atoms with Gasteiger partial charge < -0.3 is 9.80 Å². The van der Waals surface area contributed by atoms with Crippen LogP contribution in [0.15, 0.2) is 42.9 Å². The molecule has 5 heteroatoms. The maximum absolute atomic E-state index is 12.5. The van der Waals surface area contributed by atoms with Crippen molar-refractivity contribution >= 4 is 11.7 Å². The maximum Gasteiger partial charge on any atom is 0.222 e. The summed E-state index contributed by atoms with van der Waals surface area (Å²) in [7, 11) is 0. The average Bonchev–Trinajstić information content (AvgIpc) is 2.67. The predicted molar refractivity (Wildman–Crippen MR) is 102 cm³/mol. The molecule has 2 aliphatic rings. The standard InChI is InChI=1S/C21H26N4O/c1-17-5-6-19(23-12-17)24-11-3-8-21(15-24)9-7-20(26)25(16-21)14-18-4-2-10-22-13-18/h2,4-6,10,12-13H,3,7-9,11,14-16H2,1H3/t21-/m1/s1. The van der Waals surface area contributed by atoms with Gasteiger partial charge in [0.2, 0.25) is 5.91 Å². The van der Waals surface area contributed by atoms with E-state index in [9.17, 15) is 4.79 Å². The second kappa shape index (κ2) is 7.06. The van der Waals surface area contributed by atoms with Crippen LogP contribution in [0.25, 0.3) is 0 Å². The highest BCUT2D eigenvalue weighted by molar-refractivity contribution is 5.77. The number of likely N-dealkylation sites (tertiary alicyclic amines) is 1. The molecular formula is C21H26N4O. The summed E-state index contributed by atoms with van der Waals surface area (Å²) in [5, 5.41) is 0. The van der Waals surface area contributed by atoms with Gasteiger partial charge in [-0.15, -0.1) is 0 Å². The van der Waals surface area contributed by atoms with Crippen LogP contribution in [0, 0.1) is 12.3 Å². The van der Waals surface area contributed by atoms with Gasteiger partial charge in [-0.05, 0) is 49.4 Å². The highest BCUT2D eigenvalue weighted by Gasteiger charge is 2.41. The molecule has 1 spiro atoms. The lowest BCUT2D eigenvalue weighted by Crippen LogP contribution is -2.54.